The van der Waals surface area contributed by atoms with Gasteiger partial charge in [0.2, 0.25) is 11.8 Å². The lowest BCUT2D eigenvalue weighted by molar-refractivity contribution is -0.116. The van der Waals surface area contributed by atoms with Crippen LogP contribution >= 0.6 is 31.9 Å². The van der Waals surface area contributed by atoms with Crippen LogP contribution < -0.4 is 10.6 Å². The van der Waals surface area contributed by atoms with Crippen LogP contribution in [0.5, 0.6) is 0 Å². The number of benzene rings is 1. The maximum absolute atomic E-state index is 11.5. The van der Waals surface area contributed by atoms with Crippen LogP contribution in [-0.4, -0.2) is 22.5 Å². The van der Waals surface area contributed by atoms with Crippen molar-refractivity contribution >= 4 is 55.0 Å². The molecular weight excluding hydrogens is 364 g/mol. The lowest BCUT2D eigenvalue weighted by Gasteiger charge is -2.11. The van der Waals surface area contributed by atoms with E-state index in [-0.39, 0.29) is 11.8 Å². The highest BCUT2D eigenvalue weighted by Gasteiger charge is 2.08. The minimum absolute atomic E-state index is 0.0888. The van der Waals surface area contributed by atoms with Gasteiger partial charge in [0.05, 0.1) is 11.4 Å². The van der Waals surface area contributed by atoms with Crippen molar-refractivity contribution in [3.05, 3.63) is 24.3 Å². The molecule has 2 N–H and O–H groups in total. The van der Waals surface area contributed by atoms with E-state index in [1.54, 1.807) is 12.1 Å². The number of anilines is 2. The lowest BCUT2D eigenvalue weighted by Crippen LogP contribution is -2.16. The molecule has 0 saturated carbocycles. The summed E-state index contributed by atoms with van der Waals surface area (Å²) in [6.45, 7) is 0. The van der Waals surface area contributed by atoms with E-state index in [0.717, 1.165) is 0 Å². The number of carbonyl (C=O) groups excluding carboxylic acids is 2. The Labute approximate surface area is 123 Å². The van der Waals surface area contributed by atoms with Gasteiger partial charge < -0.3 is 10.6 Å². The molecule has 0 fully saturated rings. The van der Waals surface area contributed by atoms with Crippen molar-refractivity contribution in [1.29, 1.82) is 0 Å². The number of hydrogen-bond acceptors (Lipinski definition) is 2. The van der Waals surface area contributed by atoms with Crippen LogP contribution in [0.15, 0.2) is 24.3 Å². The highest BCUT2D eigenvalue weighted by molar-refractivity contribution is 9.09. The molecule has 0 atom stereocenters. The number of amides is 2. The fraction of sp³-hybridized carbons (Fsp3) is 0.333. The monoisotopic (exact) mass is 376 g/mol. The van der Waals surface area contributed by atoms with Gasteiger partial charge >= 0.3 is 0 Å². The van der Waals surface area contributed by atoms with Gasteiger partial charge in [0, 0.05) is 23.5 Å². The van der Waals surface area contributed by atoms with Crippen LogP contribution in [0.2, 0.25) is 0 Å². The zero-order chi connectivity index (χ0) is 13.4. The van der Waals surface area contributed by atoms with Crippen LogP contribution in [-0.2, 0) is 9.59 Å². The Balaban J connectivity index is 2.73. The van der Waals surface area contributed by atoms with Crippen molar-refractivity contribution in [3.8, 4) is 0 Å². The number of hydrogen-bond donors (Lipinski definition) is 2. The highest BCUT2D eigenvalue weighted by atomic mass is 79.9. The van der Waals surface area contributed by atoms with Crippen LogP contribution in [0.4, 0.5) is 11.4 Å². The topological polar surface area (TPSA) is 58.2 Å². The summed E-state index contributed by atoms with van der Waals surface area (Å²) in [7, 11) is 0. The largest absolute Gasteiger partial charge is 0.324 e. The molecule has 1 aromatic carbocycles. The first-order valence-electron chi connectivity index (χ1n) is 5.48. The average Bonchev–Trinajstić information content (AvgIpc) is 2.32. The van der Waals surface area contributed by atoms with E-state index >= 15 is 0 Å². The molecule has 0 spiro atoms. The first-order chi connectivity index (χ1) is 8.67. The molecule has 0 aliphatic carbocycles. The van der Waals surface area contributed by atoms with Gasteiger partial charge in [-0.05, 0) is 12.1 Å². The van der Waals surface area contributed by atoms with Crippen molar-refractivity contribution in [1.82, 2.24) is 0 Å². The van der Waals surface area contributed by atoms with Crippen molar-refractivity contribution in [2.45, 2.75) is 12.8 Å². The summed E-state index contributed by atoms with van der Waals surface area (Å²) in [6, 6.07) is 7.14. The number of para-hydroxylation sites is 2. The Hall–Kier alpha value is -0.880. The van der Waals surface area contributed by atoms with Gasteiger partial charge in [0.15, 0.2) is 0 Å². The number of alkyl halides is 2. The van der Waals surface area contributed by atoms with E-state index in [0.29, 0.717) is 34.9 Å². The number of carbonyl (C=O) groups is 2. The fourth-order valence-corrected chi connectivity index (χ4v) is 2.02. The zero-order valence-electron chi connectivity index (χ0n) is 9.71. The van der Waals surface area contributed by atoms with E-state index in [9.17, 15) is 9.59 Å². The SMILES string of the molecule is O=C(CCBr)Nc1ccccc1NC(=O)CCBr. The summed E-state index contributed by atoms with van der Waals surface area (Å²) >= 11 is 6.41. The van der Waals surface area contributed by atoms with Gasteiger partial charge in [-0.2, -0.15) is 0 Å². The molecule has 0 bridgehead atoms. The smallest absolute Gasteiger partial charge is 0.225 e. The van der Waals surface area contributed by atoms with Gasteiger partial charge in [-0.15, -0.1) is 0 Å². The molecule has 18 heavy (non-hydrogen) atoms. The summed E-state index contributed by atoms with van der Waals surface area (Å²) in [5.41, 5.74) is 1.23. The Morgan fingerprint density at radius 1 is 0.889 bits per heavy atom. The quantitative estimate of drug-likeness (QED) is 0.748. The standard InChI is InChI=1S/C12H14Br2N2O2/c13-7-5-11(17)15-9-3-1-2-4-10(9)16-12(18)6-8-14/h1-4H,5-8H2,(H,15,17)(H,16,18). The predicted molar refractivity (Wildman–Crippen MR) is 80.5 cm³/mol. The highest BCUT2D eigenvalue weighted by Crippen LogP contribution is 2.21. The summed E-state index contributed by atoms with van der Waals surface area (Å²) in [5, 5.41) is 6.74. The molecule has 0 unspecified atom stereocenters. The van der Waals surface area contributed by atoms with Gasteiger partial charge in [0.25, 0.3) is 0 Å². The summed E-state index contributed by atoms with van der Waals surface area (Å²) in [6.07, 6.45) is 0.785. The minimum atomic E-state index is -0.0888. The van der Waals surface area contributed by atoms with E-state index in [4.69, 9.17) is 0 Å². The number of nitrogens with one attached hydrogen (secondary N) is 2. The normalized spacial score (nSPS) is 9.89. The van der Waals surface area contributed by atoms with Crippen molar-refractivity contribution < 1.29 is 9.59 Å². The second-order valence-electron chi connectivity index (χ2n) is 3.52. The van der Waals surface area contributed by atoms with Gasteiger partial charge in [-0.3, -0.25) is 9.59 Å². The van der Waals surface area contributed by atoms with Gasteiger partial charge in [0.1, 0.15) is 0 Å². The lowest BCUT2D eigenvalue weighted by atomic mass is 10.2. The molecule has 2 amide bonds. The third-order valence-electron chi connectivity index (χ3n) is 2.12. The summed E-state index contributed by atoms with van der Waals surface area (Å²) < 4.78 is 0. The summed E-state index contributed by atoms with van der Waals surface area (Å²) in [4.78, 5) is 23.0. The molecule has 1 aromatic rings. The minimum Gasteiger partial charge on any atom is -0.324 e. The summed E-state index contributed by atoms with van der Waals surface area (Å²) in [5.74, 6) is -0.178. The van der Waals surface area contributed by atoms with Crippen molar-refractivity contribution in [2.75, 3.05) is 21.3 Å². The first-order valence-corrected chi connectivity index (χ1v) is 7.72. The van der Waals surface area contributed by atoms with Crippen molar-refractivity contribution in [2.24, 2.45) is 0 Å². The Morgan fingerprint density at radius 3 is 1.61 bits per heavy atom. The second kappa shape index (κ2) is 8.26. The molecule has 0 aliphatic rings. The Bertz CT molecular complexity index is 385. The number of rotatable bonds is 6. The molecule has 0 aromatic heterocycles. The van der Waals surface area contributed by atoms with Crippen LogP contribution in [0, 0.1) is 0 Å². The van der Waals surface area contributed by atoms with E-state index < -0.39 is 0 Å². The molecule has 0 saturated heterocycles. The molecule has 4 nitrogen and oxygen atoms in total. The maximum atomic E-state index is 11.5. The second-order valence-corrected chi connectivity index (χ2v) is 5.11. The van der Waals surface area contributed by atoms with E-state index in [1.165, 1.54) is 0 Å². The Morgan fingerprint density at radius 2 is 1.28 bits per heavy atom. The average molecular weight is 378 g/mol. The predicted octanol–water partition coefficient (Wildman–Crippen LogP) is 3.13. The molecule has 0 heterocycles. The third kappa shape index (κ3) is 5.18. The zero-order valence-corrected chi connectivity index (χ0v) is 12.9. The van der Waals surface area contributed by atoms with Gasteiger partial charge in [-0.1, -0.05) is 44.0 Å². The van der Waals surface area contributed by atoms with E-state index in [1.807, 2.05) is 12.1 Å². The molecule has 6 heteroatoms. The molecule has 98 valence electrons. The first kappa shape index (κ1) is 15.2. The fourth-order valence-electron chi connectivity index (χ4n) is 1.30. The molecule has 0 radical (unpaired) electrons. The Kier molecular flexibility index (Phi) is 6.97. The molecular formula is C12H14Br2N2O2. The molecule has 1 rings (SSSR count). The van der Waals surface area contributed by atoms with Crippen LogP contribution in [0.25, 0.3) is 0 Å². The third-order valence-corrected chi connectivity index (χ3v) is 2.91. The number of halogens is 2. The van der Waals surface area contributed by atoms with Gasteiger partial charge in [-0.25, -0.2) is 0 Å². The maximum Gasteiger partial charge on any atom is 0.225 e. The van der Waals surface area contributed by atoms with Crippen LogP contribution in [0.1, 0.15) is 12.8 Å². The van der Waals surface area contributed by atoms with Crippen molar-refractivity contribution in [3.63, 3.8) is 0 Å². The molecule has 0 aliphatic heterocycles. The van der Waals surface area contributed by atoms with Crippen LogP contribution in [0.3, 0.4) is 0 Å². The van der Waals surface area contributed by atoms with E-state index in [2.05, 4.69) is 42.5 Å².